The number of carbonyl (C=O) groups excluding carboxylic acids is 2. The van der Waals surface area contributed by atoms with Crippen molar-refractivity contribution in [2.75, 3.05) is 13.2 Å². The van der Waals surface area contributed by atoms with Crippen molar-refractivity contribution in [2.24, 2.45) is 0 Å². The van der Waals surface area contributed by atoms with Gasteiger partial charge in [0, 0.05) is 31.1 Å². The molecule has 1 aromatic carbocycles. The molecule has 0 radical (unpaired) electrons. The van der Waals surface area contributed by atoms with E-state index in [0.717, 1.165) is 18.4 Å². The second-order valence-corrected chi connectivity index (χ2v) is 7.39. The number of nitrogens with zero attached hydrogens (tertiary/aromatic N) is 1. The minimum Gasteiger partial charge on any atom is -0.461 e. The van der Waals surface area contributed by atoms with E-state index in [1.807, 2.05) is 12.1 Å². The topological polar surface area (TPSA) is 55.8 Å². The van der Waals surface area contributed by atoms with E-state index in [9.17, 15) is 9.59 Å². The fraction of sp³-hybridized carbons (Fsp3) is 0.636. The molecule has 152 valence electrons. The smallest absolute Gasteiger partial charge is 0.338 e. The van der Waals surface area contributed by atoms with Crippen LogP contribution in [0.3, 0.4) is 0 Å². The van der Waals surface area contributed by atoms with E-state index < -0.39 is 6.10 Å². The maximum Gasteiger partial charge on any atom is 0.338 e. The van der Waals surface area contributed by atoms with Gasteiger partial charge in [0.1, 0.15) is 12.7 Å². The van der Waals surface area contributed by atoms with Gasteiger partial charge in [0.15, 0.2) is 0 Å². The molecule has 0 aromatic heterocycles. The molecule has 27 heavy (non-hydrogen) atoms. The summed E-state index contributed by atoms with van der Waals surface area (Å²) in [6, 6.07) is 8.02. The maximum absolute atomic E-state index is 12.7. The SMILES string of the molecule is CCCCC(OC(C)=O)c1ccccc1C(=O)OCCN(C(C)C)C(C)C. The van der Waals surface area contributed by atoms with E-state index in [-0.39, 0.29) is 11.9 Å². The molecule has 0 aliphatic carbocycles. The minimum atomic E-state index is -0.422. The third kappa shape index (κ3) is 7.71. The van der Waals surface area contributed by atoms with E-state index in [0.29, 0.717) is 37.2 Å². The van der Waals surface area contributed by atoms with E-state index >= 15 is 0 Å². The molecule has 1 unspecified atom stereocenters. The van der Waals surface area contributed by atoms with E-state index in [1.54, 1.807) is 12.1 Å². The van der Waals surface area contributed by atoms with Crippen molar-refractivity contribution >= 4 is 11.9 Å². The molecule has 0 saturated heterocycles. The molecule has 1 atom stereocenters. The van der Waals surface area contributed by atoms with Crippen molar-refractivity contribution in [1.29, 1.82) is 0 Å². The van der Waals surface area contributed by atoms with Crippen LogP contribution in [0.15, 0.2) is 24.3 Å². The number of rotatable bonds is 11. The fourth-order valence-electron chi connectivity index (χ4n) is 3.27. The molecule has 0 aliphatic rings. The molecule has 5 heteroatoms. The number of ether oxygens (including phenoxy) is 2. The van der Waals surface area contributed by atoms with Crippen LogP contribution in [-0.2, 0) is 14.3 Å². The van der Waals surface area contributed by atoms with E-state index in [4.69, 9.17) is 9.47 Å². The Bertz CT molecular complexity index is 590. The molecule has 0 amide bonds. The summed E-state index contributed by atoms with van der Waals surface area (Å²) >= 11 is 0. The Balaban J connectivity index is 2.86. The normalized spacial score (nSPS) is 12.5. The number of esters is 2. The first-order valence-corrected chi connectivity index (χ1v) is 9.96. The highest BCUT2D eigenvalue weighted by molar-refractivity contribution is 5.91. The largest absolute Gasteiger partial charge is 0.461 e. The maximum atomic E-state index is 12.7. The van der Waals surface area contributed by atoms with Gasteiger partial charge >= 0.3 is 11.9 Å². The highest BCUT2D eigenvalue weighted by Crippen LogP contribution is 2.27. The highest BCUT2D eigenvalue weighted by Gasteiger charge is 2.22. The van der Waals surface area contributed by atoms with Crippen LogP contribution < -0.4 is 0 Å². The van der Waals surface area contributed by atoms with Crippen LogP contribution in [0.4, 0.5) is 0 Å². The Morgan fingerprint density at radius 3 is 2.26 bits per heavy atom. The third-order valence-corrected chi connectivity index (χ3v) is 4.56. The molecule has 0 bridgehead atoms. The number of benzene rings is 1. The van der Waals surface area contributed by atoms with Gasteiger partial charge < -0.3 is 9.47 Å². The lowest BCUT2D eigenvalue weighted by Gasteiger charge is -2.30. The first-order valence-electron chi connectivity index (χ1n) is 9.96. The van der Waals surface area contributed by atoms with Crippen molar-refractivity contribution < 1.29 is 19.1 Å². The zero-order chi connectivity index (χ0) is 20.4. The summed E-state index contributed by atoms with van der Waals surface area (Å²) in [6.07, 6.45) is 2.17. The predicted octanol–water partition coefficient (Wildman–Crippen LogP) is 4.76. The third-order valence-electron chi connectivity index (χ3n) is 4.56. The minimum absolute atomic E-state index is 0.330. The zero-order valence-electron chi connectivity index (χ0n) is 17.7. The molecule has 0 N–H and O–H groups in total. The molecule has 0 spiro atoms. The second-order valence-electron chi connectivity index (χ2n) is 7.39. The van der Waals surface area contributed by atoms with Crippen molar-refractivity contribution in [1.82, 2.24) is 4.90 Å². The number of hydrogen-bond acceptors (Lipinski definition) is 5. The van der Waals surface area contributed by atoms with Crippen molar-refractivity contribution in [3.05, 3.63) is 35.4 Å². The van der Waals surface area contributed by atoms with Crippen LogP contribution in [0.25, 0.3) is 0 Å². The van der Waals surface area contributed by atoms with Crippen LogP contribution in [0, 0.1) is 0 Å². The molecule has 1 rings (SSSR count). The Labute approximate surface area is 164 Å². The standard InChI is InChI=1S/C22H35NO4/c1-7-8-13-21(27-18(6)24)19-11-9-10-12-20(19)22(25)26-15-14-23(16(2)3)17(4)5/h9-12,16-17,21H,7-8,13-15H2,1-6H3. The summed E-state index contributed by atoms with van der Waals surface area (Å²) in [6.45, 7) is 13.0. The predicted molar refractivity (Wildman–Crippen MR) is 108 cm³/mol. The van der Waals surface area contributed by atoms with Gasteiger partial charge in [-0.05, 0) is 46.6 Å². The Hall–Kier alpha value is -1.88. The lowest BCUT2D eigenvalue weighted by atomic mass is 9.98. The summed E-state index contributed by atoms with van der Waals surface area (Å²) in [5.41, 5.74) is 1.19. The summed E-state index contributed by atoms with van der Waals surface area (Å²) in [5.74, 6) is -0.713. The lowest BCUT2D eigenvalue weighted by molar-refractivity contribution is -0.147. The lowest BCUT2D eigenvalue weighted by Crippen LogP contribution is -2.39. The number of hydrogen-bond donors (Lipinski definition) is 0. The van der Waals surface area contributed by atoms with Gasteiger partial charge in [0.2, 0.25) is 0 Å². The van der Waals surface area contributed by atoms with Crippen LogP contribution in [0.5, 0.6) is 0 Å². The van der Waals surface area contributed by atoms with Gasteiger partial charge in [-0.15, -0.1) is 0 Å². The molecule has 0 heterocycles. The van der Waals surface area contributed by atoms with Gasteiger partial charge in [-0.25, -0.2) is 4.79 Å². The van der Waals surface area contributed by atoms with Gasteiger partial charge in [-0.3, -0.25) is 9.69 Å². The molecule has 0 aliphatic heterocycles. The summed E-state index contributed by atoms with van der Waals surface area (Å²) in [7, 11) is 0. The van der Waals surface area contributed by atoms with Crippen LogP contribution in [0.1, 0.15) is 82.8 Å². The molecular formula is C22H35NO4. The molecule has 0 saturated carbocycles. The Morgan fingerprint density at radius 1 is 1.07 bits per heavy atom. The van der Waals surface area contributed by atoms with E-state index in [2.05, 4.69) is 39.5 Å². The fourth-order valence-corrected chi connectivity index (χ4v) is 3.27. The Morgan fingerprint density at radius 2 is 1.70 bits per heavy atom. The van der Waals surface area contributed by atoms with Crippen LogP contribution in [-0.4, -0.2) is 42.1 Å². The zero-order valence-corrected chi connectivity index (χ0v) is 17.7. The molecule has 5 nitrogen and oxygen atoms in total. The number of unbranched alkanes of at least 4 members (excludes halogenated alkanes) is 1. The van der Waals surface area contributed by atoms with Crippen molar-refractivity contribution in [2.45, 2.75) is 79.0 Å². The Kier molecular flexibility index (Phi) is 10.1. The summed E-state index contributed by atoms with van der Waals surface area (Å²) in [5, 5.41) is 0. The molecular weight excluding hydrogens is 342 g/mol. The summed E-state index contributed by atoms with van der Waals surface area (Å²) < 4.78 is 11.0. The van der Waals surface area contributed by atoms with Crippen LogP contribution in [0.2, 0.25) is 0 Å². The average Bonchev–Trinajstić information content (AvgIpc) is 2.61. The van der Waals surface area contributed by atoms with Gasteiger partial charge in [-0.1, -0.05) is 31.5 Å². The average molecular weight is 378 g/mol. The first-order chi connectivity index (χ1) is 12.8. The van der Waals surface area contributed by atoms with Gasteiger partial charge in [-0.2, -0.15) is 0 Å². The molecule has 0 fully saturated rings. The van der Waals surface area contributed by atoms with Gasteiger partial charge in [0.25, 0.3) is 0 Å². The van der Waals surface area contributed by atoms with Gasteiger partial charge in [0.05, 0.1) is 5.56 Å². The number of carbonyl (C=O) groups is 2. The monoisotopic (exact) mass is 377 g/mol. The first kappa shape index (κ1) is 23.2. The summed E-state index contributed by atoms with van der Waals surface area (Å²) in [4.78, 5) is 26.5. The van der Waals surface area contributed by atoms with Crippen LogP contribution >= 0.6 is 0 Å². The van der Waals surface area contributed by atoms with E-state index in [1.165, 1.54) is 6.92 Å². The quantitative estimate of drug-likeness (QED) is 0.521. The second kappa shape index (κ2) is 11.8. The highest BCUT2D eigenvalue weighted by atomic mass is 16.5. The van der Waals surface area contributed by atoms with Crippen molar-refractivity contribution in [3.63, 3.8) is 0 Å². The molecule has 1 aromatic rings. The van der Waals surface area contributed by atoms with Crippen molar-refractivity contribution in [3.8, 4) is 0 Å².